The third kappa shape index (κ3) is 2.42. The third-order valence-corrected chi connectivity index (χ3v) is 1.69. The standard InChI is InChI=1S/C9H10F2N2O/c1-6(13-12)7-4-2-3-5-8(7)14-9(10)11/h2-5,9H,12H2,1H3/b13-6-. The topological polar surface area (TPSA) is 47.6 Å². The highest BCUT2D eigenvalue weighted by Gasteiger charge is 2.10. The first-order valence-corrected chi connectivity index (χ1v) is 3.94. The van der Waals surface area contributed by atoms with E-state index < -0.39 is 6.61 Å². The molecule has 76 valence electrons. The Labute approximate surface area is 80.2 Å². The molecule has 0 atom stereocenters. The summed E-state index contributed by atoms with van der Waals surface area (Å²) in [5, 5.41) is 3.42. The SMILES string of the molecule is C/C(=N/N)c1ccccc1OC(F)F. The highest BCUT2D eigenvalue weighted by Crippen LogP contribution is 2.20. The van der Waals surface area contributed by atoms with E-state index in [9.17, 15) is 8.78 Å². The average molecular weight is 200 g/mol. The number of hydrogen-bond donors (Lipinski definition) is 1. The maximum absolute atomic E-state index is 12.0. The average Bonchev–Trinajstić information content (AvgIpc) is 2.16. The van der Waals surface area contributed by atoms with Crippen molar-refractivity contribution in [2.45, 2.75) is 13.5 Å². The third-order valence-electron chi connectivity index (χ3n) is 1.69. The van der Waals surface area contributed by atoms with Crippen LogP contribution >= 0.6 is 0 Å². The smallest absolute Gasteiger partial charge is 0.387 e. The quantitative estimate of drug-likeness (QED) is 0.460. The van der Waals surface area contributed by atoms with E-state index in [1.807, 2.05) is 0 Å². The Hall–Kier alpha value is -1.65. The van der Waals surface area contributed by atoms with Crippen molar-refractivity contribution in [2.75, 3.05) is 0 Å². The predicted molar refractivity (Wildman–Crippen MR) is 49.5 cm³/mol. The monoisotopic (exact) mass is 200 g/mol. The Morgan fingerprint density at radius 2 is 2.07 bits per heavy atom. The van der Waals surface area contributed by atoms with Gasteiger partial charge in [-0.1, -0.05) is 12.1 Å². The number of nitrogens with two attached hydrogens (primary N) is 1. The van der Waals surface area contributed by atoms with Crippen LogP contribution in [0.15, 0.2) is 29.4 Å². The number of alkyl halides is 2. The van der Waals surface area contributed by atoms with Gasteiger partial charge in [-0.25, -0.2) is 0 Å². The molecule has 0 bridgehead atoms. The molecule has 0 aliphatic rings. The summed E-state index contributed by atoms with van der Waals surface area (Å²) in [5.74, 6) is 5.13. The van der Waals surface area contributed by atoms with Gasteiger partial charge in [0.2, 0.25) is 0 Å². The fourth-order valence-corrected chi connectivity index (χ4v) is 1.03. The minimum Gasteiger partial charge on any atom is -0.434 e. The van der Waals surface area contributed by atoms with Gasteiger partial charge in [0.1, 0.15) is 5.75 Å². The van der Waals surface area contributed by atoms with Crippen LogP contribution in [-0.4, -0.2) is 12.3 Å². The Balaban J connectivity index is 3.03. The maximum atomic E-state index is 12.0. The molecule has 14 heavy (non-hydrogen) atoms. The summed E-state index contributed by atoms with van der Waals surface area (Å²) in [5.41, 5.74) is 0.913. The van der Waals surface area contributed by atoms with Crippen molar-refractivity contribution in [1.29, 1.82) is 0 Å². The van der Waals surface area contributed by atoms with Gasteiger partial charge in [-0.15, -0.1) is 0 Å². The van der Waals surface area contributed by atoms with Crippen molar-refractivity contribution in [3.05, 3.63) is 29.8 Å². The number of benzene rings is 1. The van der Waals surface area contributed by atoms with Crippen molar-refractivity contribution in [3.8, 4) is 5.75 Å². The van der Waals surface area contributed by atoms with E-state index in [-0.39, 0.29) is 5.75 Å². The number of hydrogen-bond acceptors (Lipinski definition) is 3. The first-order valence-electron chi connectivity index (χ1n) is 3.94. The van der Waals surface area contributed by atoms with Crippen LogP contribution in [-0.2, 0) is 0 Å². The molecule has 0 saturated heterocycles. The van der Waals surface area contributed by atoms with Crippen molar-refractivity contribution in [3.63, 3.8) is 0 Å². The largest absolute Gasteiger partial charge is 0.434 e. The minimum absolute atomic E-state index is 0.0780. The van der Waals surface area contributed by atoms with Crippen molar-refractivity contribution < 1.29 is 13.5 Å². The predicted octanol–water partition coefficient (Wildman–Crippen LogP) is 1.97. The lowest BCUT2D eigenvalue weighted by Crippen LogP contribution is -2.07. The summed E-state index contributed by atoms with van der Waals surface area (Å²) in [6.45, 7) is -1.23. The number of nitrogens with zero attached hydrogens (tertiary/aromatic N) is 1. The van der Waals surface area contributed by atoms with Crippen molar-refractivity contribution >= 4 is 5.71 Å². The van der Waals surface area contributed by atoms with Crippen LogP contribution in [0.3, 0.4) is 0 Å². The molecule has 0 spiro atoms. The lowest BCUT2D eigenvalue weighted by molar-refractivity contribution is -0.0499. The molecule has 1 rings (SSSR count). The van der Waals surface area contributed by atoms with Gasteiger partial charge in [-0.2, -0.15) is 13.9 Å². The molecule has 0 radical (unpaired) electrons. The number of ether oxygens (including phenoxy) is 1. The molecule has 0 fully saturated rings. The Bertz CT molecular complexity index is 339. The van der Waals surface area contributed by atoms with E-state index in [4.69, 9.17) is 5.84 Å². The summed E-state index contributed by atoms with van der Waals surface area (Å²) in [6, 6.07) is 6.35. The number of hydrazone groups is 1. The van der Waals surface area contributed by atoms with Gasteiger partial charge in [-0.05, 0) is 19.1 Å². The fraction of sp³-hybridized carbons (Fsp3) is 0.222. The van der Waals surface area contributed by atoms with Crippen LogP contribution in [0.4, 0.5) is 8.78 Å². The van der Waals surface area contributed by atoms with Crippen LogP contribution < -0.4 is 10.6 Å². The summed E-state index contributed by atoms with van der Waals surface area (Å²) >= 11 is 0. The molecule has 1 aromatic carbocycles. The van der Waals surface area contributed by atoms with E-state index in [2.05, 4.69) is 9.84 Å². The zero-order valence-electron chi connectivity index (χ0n) is 7.58. The van der Waals surface area contributed by atoms with Gasteiger partial charge in [-0.3, -0.25) is 0 Å². The Kier molecular flexibility index (Phi) is 3.39. The number of rotatable bonds is 3. The molecule has 0 amide bonds. The summed E-state index contributed by atoms with van der Waals surface area (Å²) in [6.07, 6.45) is 0. The number of halogens is 2. The van der Waals surface area contributed by atoms with E-state index in [0.29, 0.717) is 11.3 Å². The maximum Gasteiger partial charge on any atom is 0.387 e. The second kappa shape index (κ2) is 4.55. The molecule has 3 nitrogen and oxygen atoms in total. The molecule has 5 heteroatoms. The van der Waals surface area contributed by atoms with Crippen LogP contribution in [0.2, 0.25) is 0 Å². The summed E-state index contributed by atoms with van der Waals surface area (Å²) in [4.78, 5) is 0. The lowest BCUT2D eigenvalue weighted by Gasteiger charge is -2.09. The van der Waals surface area contributed by atoms with E-state index in [1.165, 1.54) is 6.07 Å². The lowest BCUT2D eigenvalue weighted by atomic mass is 10.1. The van der Waals surface area contributed by atoms with Crippen LogP contribution in [0, 0.1) is 0 Å². The molecule has 1 aromatic rings. The minimum atomic E-state index is -2.85. The molecular formula is C9H10F2N2O. The first kappa shape index (κ1) is 10.4. The zero-order chi connectivity index (χ0) is 10.6. The van der Waals surface area contributed by atoms with Gasteiger partial charge in [0.05, 0.1) is 5.71 Å². The normalized spacial score (nSPS) is 11.9. The molecule has 0 aliphatic heterocycles. The van der Waals surface area contributed by atoms with Crippen LogP contribution in [0.5, 0.6) is 5.75 Å². The summed E-state index contributed by atoms with van der Waals surface area (Å²) < 4.78 is 28.2. The molecule has 2 N–H and O–H groups in total. The molecule has 0 heterocycles. The van der Waals surface area contributed by atoms with Crippen LogP contribution in [0.1, 0.15) is 12.5 Å². The van der Waals surface area contributed by atoms with Gasteiger partial charge in [0, 0.05) is 5.56 Å². The molecular weight excluding hydrogens is 190 g/mol. The van der Waals surface area contributed by atoms with Crippen LogP contribution in [0.25, 0.3) is 0 Å². The van der Waals surface area contributed by atoms with E-state index >= 15 is 0 Å². The molecule has 0 aliphatic carbocycles. The second-order valence-corrected chi connectivity index (χ2v) is 2.59. The van der Waals surface area contributed by atoms with E-state index in [1.54, 1.807) is 25.1 Å². The summed E-state index contributed by atoms with van der Waals surface area (Å²) in [7, 11) is 0. The highest BCUT2D eigenvalue weighted by molar-refractivity contribution is 6.00. The van der Waals surface area contributed by atoms with Crippen molar-refractivity contribution in [2.24, 2.45) is 10.9 Å². The van der Waals surface area contributed by atoms with E-state index in [0.717, 1.165) is 0 Å². The van der Waals surface area contributed by atoms with Gasteiger partial charge in [0.25, 0.3) is 0 Å². The van der Waals surface area contributed by atoms with Crippen molar-refractivity contribution in [1.82, 2.24) is 0 Å². The highest BCUT2D eigenvalue weighted by atomic mass is 19.3. The van der Waals surface area contributed by atoms with Gasteiger partial charge in [0.15, 0.2) is 0 Å². The first-order chi connectivity index (χ1) is 6.65. The Morgan fingerprint density at radius 1 is 1.43 bits per heavy atom. The number of para-hydroxylation sites is 1. The second-order valence-electron chi connectivity index (χ2n) is 2.59. The van der Waals surface area contributed by atoms with Gasteiger partial charge >= 0.3 is 6.61 Å². The molecule has 0 unspecified atom stereocenters. The molecule has 0 saturated carbocycles. The van der Waals surface area contributed by atoms with Gasteiger partial charge < -0.3 is 10.6 Å². The zero-order valence-corrected chi connectivity index (χ0v) is 7.58. The Morgan fingerprint density at radius 3 is 2.64 bits per heavy atom. The molecule has 0 aromatic heterocycles. The fourth-order valence-electron chi connectivity index (χ4n) is 1.03.